The van der Waals surface area contributed by atoms with Crippen LogP contribution in [0.2, 0.25) is 0 Å². The van der Waals surface area contributed by atoms with Crippen LogP contribution in [0.25, 0.3) is 0 Å². The maximum absolute atomic E-state index is 8.93. The van der Waals surface area contributed by atoms with Crippen LogP contribution in [0.3, 0.4) is 0 Å². The van der Waals surface area contributed by atoms with Crippen molar-refractivity contribution in [2.45, 2.75) is 13.5 Å². The molecule has 0 spiro atoms. The molecule has 4 rings (SSSR count). The molecular formula is C25H20N4O2. The number of benzene rings is 3. The molecule has 0 saturated carbocycles. The summed E-state index contributed by atoms with van der Waals surface area (Å²) < 4.78 is 12.1. The van der Waals surface area contributed by atoms with Gasteiger partial charge < -0.3 is 14.8 Å². The number of ether oxygens (including phenoxy) is 2. The first-order valence-corrected chi connectivity index (χ1v) is 9.76. The number of hydrogen-bond acceptors (Lipinski definition) is 6. The van der Waals surface area contributed by atoms with E-state index >= 15 is 0 Å². The Morgan fingerprint density at radius 1 is 0.903 bits per heavy atom. The Labute approximate surface area is 180 Å². The maximum atomic E-state index is 8.93. The Kier molecular flexibility index (Phi) is 6.05. The quantitative estimate of drug-likeness (QED) is 0.418. The van der Waals surface area contributed by atoms with E-state index in [0.717, 1.165) is 16.8 Å². The molecule has 0 aliphatic carbocycles. The first kappa shape index (κ1) is 19.9. The predicted octanol–water partition coefficient (Wildman–Crippen LogP) is 5.77. The molecule has 3 aromatic carbocycles. The number of aromatic nitrogens is 2. The minimum atomic E-state index is 0.396. The Bertz CT molecular complexity index is 1200. The fourth-order valence-corrected chi connectivity index (χ4v) is 2.84. The van der Waals surface area contributed by atoms with Gasteiger partial charge in [0.1, 0.15) is 6.61 Å². The smallest absolute Gasteiger partial charge is 0.230 e. The van der Waals surface area contributed by atoms with Gasteiger partial charge in [-0.2, -0.15) is 10.2 Å². The zero-order valence-electron chi connectivity index (χ0n) is 16.9. The molecule has 0 atom stereocenters. The summed E-state index contributed by atoms with van der Waals surface area (Å²) in [5, 5.41) is 12.1. The molecule has 0 aliphatic heterocycles. The third kappa shape index (κ3) is 5.17. The van der Waals surface area contributed by atoms with Crippen LogP contribution < -0.4 is 14.8 Å². The molecule has 1 N–H and O–H groups in total. The van der Waals surface area contributed by atoms with E-state index in [1.54, 1.807) is 30.5 Å². The average molecular weight is 408 g/mol. The van der Waals surface area contributed by atoms with Crippen molar-refractivity contribution < 1.29 is 9.47 Å². The Morgan fingerprint density at radius 3 is 2.35 bits per heavy atom. The molecule has 0 bridgehead atoms. The molecule has 0 saturated heterocycles. The monoisotopic (exact) mass is 408 g/mol. The van der Waals surface area contributed by atoms with Crippen LogP contribution >= 0.6 is 0 Å². The van der Waals surface area contributed by atoms with Crippen LogP contribution in [0.15, 0.2) is 85.1 Å². The standard InChI is InChI=1S/C25H20N4O2/c1-18-16-27-25(28-21-13-11-19(15-26)12-14-21)29-24(18)31-23-10-6-5-9-22(23)30-17-20-7-3-2-4-8-20/h2-14,16H,17H2,1H3,(H,27,28,29). The highest BCUT2D eigenvalue weighted by atomic mass is 16.5. The van der Waals surface area contributed by atoms with Gasteiger partial charge in [-0.05, 0) is 48.9 Å². The van der Waals surface area contributed by atoms with Gasteiger partial charge in [-0.1, -0.05) is 42.5 Å². The normalized spacial score (nSPS) is 10.2. The lowest BCUT2D eigenvalue weighted by molar-refractivity contribution is 0.290. The summed E-state index contributed by atoms with van der Waals surface area (Å²) >= 11 is 0. The van der Waals surface area contributed by atoms with Gasteiger partial charge in [0.25, 0.3) is 0 Å². The van der Waals surface area contributed by atoms with Gasteiger partial charge >= 0.3 is 0 Å². The van der Waals surface area contributed by atoms with Gasteiger partial charge in [-0.25, -0.2) is 4.98 Å². The van der Waals surface area contributed by atoms with E-state index in [1.807, 2.05) is 61.5 Å². The van der Waals surface area contributed by atoms with Gasteiger partial charge in [0.05, 0.1) is 11.6 Å². The van der Waals surface area contributed by atoms with E-state index in [4.69, 9.17) is 14.7 Å². The average Bonchev–Trinajstić information content (AvgIpc) is 2.82. The van der Waals surface area contributed by atoms with Gasteiger partial charge in [-0.3, -0.25) is 0 Å². The summed E-state index contributed by atoms with van der Waals surface area (Å²) in [6.45, 7) is 2.32. The second-order valence-electron chi connectivity index (χ2n) is 6.82. The van der Waals surface area contributed by atoms with E-state index in [0.29, 0.717) is 35.5 Å². The van der Waals surface area contributed by atoms with Crippen molar-refractivity contribution in [3.8, 4) is 23.4 Å². The first-order chi connectivity index (χ1) is 15.2. The van der Waals surface area contributed by atoms with E-state index < -0.39 is 0 Å². The van der Waals surface area contributed by atoms with Crippen LogP contribution in [0.4, 0.5) is 11.6 Å². The lowest BCUT2D eigenvalue weighted by Crippen LogP contribution is -2.02. The highest BCUT2D eigenvalue weighted by Gasteiger charge is 2.11. The molecule has 0 amide bonds. The summed E-state index contributed by atoms with van der Waals surface area (Å²) in [5.74, 6) is 2.03. The summed E-state index contributed by atoms with van der Waals surface area (Å²) in [4.78, 5) is 8.82. The van der Waals surface area contributed by atoms with Crippen molar-refractivity contribution in [2.75, 3.05) is 5.32 Å². The largest absolute Gasteiger partial charge is 0.485 e. The summed E-state index contributed by atoms with van der Waals surface area (Å²) in [7, 11) is 0. The van der Waals surface area contributed by atoms with Gasteiger partial charge in [-0.15, -0.1) is 0 Å². The molecule has 0 radical (unpaired) electrons. The maximum Gasteiger partial charge on any atom is 0.230 e. The van der Waals surface area contributed by atoms with Crippen molar-refractivity contribution in [1.29, 1.82) is 5.26 Å². The second kappa shape index (κ2) is 9.42. The molecule has 31 heavy (non-hydrogen) atoms. The van der Waals surface area contributed by atoms with Crippen LogP contribution in [-0.2, 0) is 6.61 Å². The van der Waals surface area contributed by atoms with Crippen molar-refractivity contribution in [1.82, 2.24) is 9.97 Å². The van der Waals surface area contributed by atoms with Crippen molar-refractivity contribution in [2.24, 2.45) is 0 Å². The summed E-state index contributed by atoms with van der Waals surface area (Å²) in [6.07, 6.45) is 1.70. The number of hydrogen-bond donors (Lipinski definition) is 1. The number of rotatable bonds is 7. The van der Waals surface area contributed by atoms with E-state index in [9.17, 15) is 0 Å². The minimum Gasteiger partial charge on any atom is -0.485 e. The van der Waals surface area contributed by atoms with Gasteiger partial charge in [0.15, 0.2) is 11.5 Å². The van der Waals surface area contributed by atoms with Crippen molar-refractivity contribution >= 4 is 11.6 Å². The van der Waals surface area contributed by atoms with Crippen LogP contribution in [0, 0.1) is 18.3 Å². The minimum absolute atomic E-state index is 0.396. The molecular weight excluding hydrogens is 388 g/mol. The fraction of sp³-hybridized carbons (Fsp3) is 0.0800. The molecule has 0 aliphatic rings. The van der Waals surface area contributed by atoms with Crippen LogP contribution in [0.5, 0.6) is 17.4 Å². The third-order valence-corrected chi connectivity index (χ3v) is 4.49. The van der Waals surface area contributed by atoms with Gasteiger partial charge in [0.2, 0.25) is 11.8 Å². The van der Waals surface area contributed by atoms with Crippen molar-refractivity contribution in [3.63, 3.8) is 0 Å². The zero-order chi connectivity index (χ0) is 21.5. The third-order valence-electron chi connectivity index (χ3n) is 4.49. The lowest BCUT2D eigenvalue weighted by Gasteiger charge is -2.14. The predicted molar refractivity (Wildman–Crippen MR) is 118 cm³/mol. The number of para-hydroxylation sites is 2. The number of nitrogens with zero attached hydrogens (tertiary/aromatic N) is 3. The molecule has 0 fully saturated rings. The summed E-state index contributed by atoms with van der Waals surface area (Å²) in [5.41, 5.74) is 3.24. The SMILES string of the molecule is Cc1cnc(Nc2ccc(C#N)cc2)nc1Oc1ccccc1OCc1ccccc1. The first-order valence-electron chi connectivity index (χ1n) is 9.76. The van der Waals surface area contributed by atoms with Crippen LogP contribution in [0.1, 0.15) is 16.7 Å². The molecule has 6 nitrogen and oxygen atoms in total. The summed E-state index contributed by atoms with van der Waals surface area (Å²) in [6, 6.07) is 26.6. The van der Waals surface area contributed by atoms with Gasteiger partial charge in [0, 0.05) is 17.4 Å². The molecule has 1 heterocycles. The fourth-order valence-electron chi connectivity index (χ4n) is 2.84. The van der Waals surface area contributed by atoms with E-state index in [1.165, 1.54) is 0 Å². The number of nitrogens with one attached hydrogen (secondary N) is 1. The highest BCUT2D eigenvalue weighted by molar-refractivity contribution is 5.55. The second-order valence-corrected chi connectivity index (χ2v) is 6.82. The number of anilines is 2. The topological polar surface area (TPSA) is 80.1 Å². The van der Waals surface area contributed by atoms with Crippen LogP contribution in [-0.4, -0.2) is 9.97 Å². The highest BCUT2D eigenvalue weighted by Crippen LogP contribution is 2.32. The van der Waals surface area contributed by atoms with E-state index in [2.05, 4.69) is 21.4 Å². The molecule has 1 aromatic heterocycles. The molecule has 152 valence electrons. The number of nitriles is 1. The molecule has 0 unspecified atom stereocenters. The molecule has 6 heteroatoms. The zero-order valence-corrected chi connectivity index (χ0v) is 16.9. The van der Waals surface area contributed by atoms with Crippen molar-refractivity contribution in [3.05, 3.63) is 102 Å². The Hall–Kier alpha value is -4.37. The number of aryl methyl sites for hydroxylation is 1. The Morgan fingerprint density at radius 2 is 1.61 bits per heavy atom. The molecule has 4 aromatic rings. The van der Waals surface area contributed by atoms with E-state index in [-0.39, 0.29) is 0 Å². The lowest BCUT2D eigenvalue weighted by atomic mass is 10.2. The Balaban J connectivity index is 1.51.